The zero-order valence-corrected chi connectivity index (χ0v) is 11.4. The molecule has 0 heterocycles. The number of halogens is 1. The lowest BCUT2D eigenvalue weighted by atomic mass is 10.0. The molecule has 0 bridgehead atoms. The Morgan fingerprint density at radius 1 is 1.38 bits per heavy atom. The van der Waals surface area contributed by atoms with Crippen molar-refractivity contribution in [3.05, 3.63) is 40.9 Å². The first kappa shape index (κ1) is 13.6. The summed E-state index contributed by atoms with van der Waals surface area (Å²) in [5.41, 5.74) is 0.273. The van der Waals surface area contributed by atoms with Crippen LogP contribution in [0.3, 0.4) is 0 Å². The van der Waals surface area contributed by atoms with Gasteiger partial charge in [-0.25, -0.2) is 0 Å². The molecule has 0 radical (unpaired) electrons. The Morgan fingerprint density at radius 2 is 1.94 bits per heavy atom. The monoisotopic (exact) mass is 256 g/mol. The molecular formula is C13H17ClOS. The van der Waals surface area contributed by atoms with E-state index in [-0.39, 0.29) is 0 Å². The highest BCUT2D eigenvalue weighted by Crippen LogP contribution is 2.22. The van der Waals surface area contributed by atoms with Gasteiger partial charge in [-0.1, -0.05) is 17.7 Å². The largest absolute Gasteiger partial charge is 0.386 e. The fourth-order valence-electron chi connectivity index (χ4n) is 1.04. The van der Waals surface area contributed by atoms with E-state index in [2.05, 4.69) is 6.08 Å². The van der Waals surface area contributed by atoms with Gasteiger partial charge in [0.15, 0.2) is 0 Å². The predicted molar refractivity (Wildman–Crippen MR) is 72.2 cm³/mol. The van der Waals surface area contributed by atoms with E-state index in [9.17, 15) is 5.11 Å². The molecular weight excluding hydrogens is 240 g/mol. The molecule has 0 atom stereocenters. The van der Waals surface area contributed by atoms with Crippen molar-refractivity contribution in [3.8, 4) is 0 Å². The van der Waals surface area contributed by atoms with Gasteiger partial charge in [-0.3, -0.25) is 0 Å². The Balaban J connectivity index is 2.50. The molecule has 3 heteroatoms. The van der Waals surface area contributed by atoms with Crippen molar-refractivity contribution < 1.29 is 5.11 Å². The van der Waals surface area contributed by atoms with Gasteiger partial charge >= 0.3 is 0 Å². The maximum Gasteiger partial charge on any atom is 0.0798 e. The highest BCUT2D eigenvalue weighted by Gasteiger charge is 2.13. The van der Waals surface area contributed by atoms with E-state index in [0.29, 0.717) is 0 Å². The Hall–Kier alpha value is -0.440. The third-order valence-corrected chi connectivity index (χ3v) is 3.61. The molecule has 0 aromatic heterocycles. The van der Waals surface area contributed by atoms with Crippen molar-refractivity contribution in [2.75, 3.05) is 5.75 Å². The molecule has 1 rings (SSSR count). The second-order valence-electron chi connectivity index (χ2n) is 4.21. The van der Waals surface area contributed by atoms with Crippen LogP contribution in [-0.2, 0) is 0 Å². The first-order valence-corrected chi connectivity index (χ1v) is 6.54. The number of hydrogen-bond donors (Lipinski definition) is 1. The van der Waals surface area contributed by atoms with E-state index in [1.54, 1.807) is 25.6 Å². The Kier molecular flexibility index (Phi) is 4.90. The van der Waals surface area contributed by atoms with Gasteiger partial charge in [0, 0.05) is 15.7 Å². The van der Waals surface area contributed by atoms with Gasteiger partial charge in [0.1, 0.15) is 0 Å². The number of hydrogen-bond acceptors (Lipinski definition) is 2. The maximum absolute atomic E-state index is 9.72. The van der Waals surface area contributed by atoms with Gasteiger partial charge in [-0.15, -0.1) is 11.8 Å². The highest BCUT2D eigenvalue weighted by molar-refractivity contribution is 7.99. The molecule has 0 saturated heterocycles. The van der Waals surface area contributed by atoms with Crippen molar-refractivity contribution in [2.45, 2.75) is 31.3 Å². The Morgan fingerprint density at radius 3 is 2.44 bits per heavy atom. The summed E-state index contributed by atoms with van der Waals surface area (Å²) in [6.07, 6.45) is 2.05. The summed E-state index contributed by atoms with van der Waals surface area (Å²) in [7, 11) is 0. The summed E-state index contributed by atoms with van der Waals surface area (Å²) in [4.78, 5) is 1.18. The van der Waals surface area contributed by atoms with Crippen LogP contribution in [0.5, 0.6) is 0 Å². The van der Waals surface area contributed by atoms with Crippen molar-refractivity contribution in [1.29, 1.82) is 0 Å². The molecule has 0 aliphatic rings. The maximum atomic E-state index is 9.72. The number of aliphatic hydroxyl groups is 1. The van der Waals surface area contributed by atoms with E-state index >= 15 is 0 Å². The SMILES string of the molecule is C/C(=C\CSc1ccc(Cl)cc1)C(C)(C)O. The summed E-state index contributed by atoms with van der Waals surface area (Å²) < 4.78 is 0. The fourth-order valence-corrected chi connectivity index (χ4v) is 2.02. The van der Waals surface area contributed by atoms with Gasteiger partial charge in [0.25, 0.3) is 0 Å². The molecule has 0 unspecified atom stereocenters. The van der Waals surface area contributed by atoms with E-state index in [1.165, 1.54) is 4.90 Å². The van der Waals surface area contributed by atoms with E-state index < -0.39 is 5.60 Å². The minimum atomic E-state index is -0.722. The van der Waals surface area contributed by atoms with Crippen LogP contribution >= 0.6 is 23.4 Å². The molecule has 1 aromatic carbocycles. The molecule has 0 aliphatic carbocycles. The molecule has 1 nitrogen and oxygen atoms in total. The Bertz CT molecular complexity index is 363. The van der Waals surface area contributed by atoms with Crippen molar-refractivity contribution in [2.24, 2.45) is 0 Å². The van der Waals surface area contributed by atoms with Crippen LogP contribution in [-0.4, -0.2) is 16.5 Å². The summed E-state index contributed by atoms with van der Waals surface area (Å²) >= 11 is 7.53. The minimum absolute atomic E-state index is 0.722. The topological polar surface area (TPSA) is 20.2 Å². The van der Waals surface area contributed by atoms with Crippen LogP contribution in [0.2, 0.25) is 5.02 Å². The van der Waals surface area contributed by atoms with Crippen LogP contribution in [0.4, 0.5) is 0 Å². The summed E-state index contributed by atoms with van der Waals surface area (Å²) in [5.74, 6) is 0.859. The van der Waals surface area contributed by atoms with Gasteiger partial charge in [0.2, 0.25) is 0 Å². The molecule has 0 saturated carbocycles. The minimum Gasteiger partial charge on any atom is -0.386 e. The van der Waals surface area contributed by atoms with Crippen LogP contribution in [0.15, 0.2) is 40.8 Å². The summed E-state index contributed by atoms with van der Waals surface area (Å²) in [6, 6.07) is 7.77. The molecule has 88 valence electrons. The Labute approximate surface area is 107 Å². The smallest absolute Gasteiger partial charge is 0.0798 e. The third kappa shape index (κ3) is 4.60. The van der Waals surface area contributed by atoms with Gasteiger partial charge in [0.05, 0.1) is 5.60 Å². The quantitative estimate of drug-likeness (QED) is 0.645. The molecule has 0 fully saturated rings. The lowest BCUT2D eigenvalue weighted by Gasteiger charge is -2.18. The lowest BCUT2D eigenvalue weighted by Crippen LogP contribution is -2.20. The molecule has 1 N–H and O–H groups in total. The zero-order valence-electron chi connectivity index (χ0n) is 9.83. The average Bonchev–Trinajstić information content (AvgIpc) is 2.19. The number of thioether (sulfide) groups is 1. The van der Waals surface area contributed by atoms with Crippen LogP contribution in [0, 0.1) is 0 Å². The normalized spacial score (nSPS) is 12.9. The van der Waals surface area contributed by atoms with Gasteiger partial charge < -0.3 is 5.11 Å². The van der Waals surface area contributed by atoms with Gasteiger partial charge in [-0.2, -0.15) is 0 Å². The molecule has 1 aromatic rings. The first-order chi connectivity index (χ1) is 7.39. The van der Waals surface area contributed by atoms with Gasteiger partial charge in [-0.05, 0) is 50.6 Å². The summed E-state index contributed by atoms with van der Waals surface area (Å²) in [6.45, 7) is 5.54. The van der Waals surface area contributed by atoms with E-state index in [0.717, 1.165) is 16.3 Å². The fraction of sp³-hybridized carbons (Fsp3) is 0.385. The highest BCUT2D eigenvalue weighted by atomic mass is 35.5. The van der Waals surface area contributed by atoms with Crippen molar-refractivity contribution in [1.82, 2.24) is 0 Å². The number of benzene rings is 1. The molecule has 0 spiro atoms. The van der Waals surface area contributed by atoms with E-state index in [4.69, 9.17) is 11.6 Å². The van der Waals surface area contributed by atoms with Crippen LogP contribution < -0.4 is 0 Å². The molecule has 16 heavy (non-hydrogen) atoms. The zero-order chi connectivity index (χ0) is 12.2. The van der Waals surface area contributed by atoms with Crippen LogP contribution in [0.1, 0.15) is 20.8 Å². The molecule has 0 amide bonds. The van der Waals surface area contributed by atoms with E-state index in [1.807, 2.05) is 31.2 Å². The standard InChI is InChI=1S/C13H17ClOS/c1-10(13(2,3)15)8-9-16-12-6-4-11(14)5-7-12/h4-8,15H,9H2,1-3H3/b10-8+. The third-order valence-electron chi connectivity index (χ3n) is 2.42. The van der Waals surface area contributed by atoms with Crippen molar-refractivity contribution >= 4 is 23.4 Å². The predicted octanol–water partition coefficient (Wildman–Crippen LogP) is 4.15. The lowest BCUT2D eigenvalue weighted by molar-refractivity contribution is 0.120. The average molecular weight is 257 g/mol. The first-order valence-electron chi connectivity index (χ1n) is 5.17. The number of rotatable bonds is 4. The second kappa shape index (κ2) is 5.76. The second-order valence-corrected chi connectivity index (χ2v) is 5.74. The summed E-state index contributed by atoms with van der Waals surface area (Å²) in [5, 5.41) is 10.5. The van der Waals surface area contributed by atoms with Crippen LogP contribution in [0.25, 0.3) is 0 Å². The van der Waals surface area contributed by atoms with Crippen molar-refractivity contribution in [3.63, 3.8) is 0 Å². The molecule has 0 aliphatic heterocycles.